The van der Waals surface area contributed by atoms with E-state index in [1.165, 1.54) is 43.3 Å². The number of ether oxygens (including phenoxy) is 2. The lowest BCUT2D eigenvalue weighted by Gasteiger charge is -2.47. The van der Waals surface area contributed by atoms with Crippen molar-refractivity contribution in [2.75, 3.05) is 19.9 Å². The lowest BCUT2D eigenvalue weighted by molar-refractivity contribution is -0.956. The van der Waals surface area contributed by atoms with Crippen LogP contribution >= 0.6 is 0 Å². The van der Waals surface area contributed by atoms with Crippen LogP contribution in [0.2, 0.25) is 5.04 Å². The highest BCUT2D eigenvalue weighted by Crippen LogP contribution is 2.47. The Bertz CT molecular complexity index is 1560. The molecular formula is C42H50NO4Si+. The molecule has 250 valence electrons. The second-order valence-corrected chi connectivity index (χ2v) is 19.4. The summed E-state index contributed by atoms with van der Waals surface area (Å²) in [5.74, 6) is -0.356. The molecule has 3 fully saturated rings. The number of benzene rings is 4. The fourth-order valence-corrected chi connectivity index (χ4v) is 13.9. The van der Waals surface area contributed by atoms with E-state index in [0.717, 1.165) is 34.3 Å². The molecule has 48 heavy (non-hydrogen) atoms. The van der Waals surface area contributed by atoms with Gasteiger partial charge in [-0.1, -0.05) is 142 Å². The van der Waals surface area contributed by atoms with E-state index in [-0.39, 0.29) is 23.9 Å². The molecule has 5 nitrogen and oxygen atoms in total. The second kappa shape index (κ2) is 13.4. The third kappa shape index (κ3) is 5.67. The van der Waals surface area contributed by atoms with E-state index < -0.39 is 13.9 Å². The molecular weight excluding hydrogens is 611 g/mol. The normalized spacial score (nSPS) is 22.1. The van der Waals surface area contributed by atoms with Crippen LogP contribution in [-0.2, 0) is 24.3 Å². The quantitative estimate of drug-likeness (QED) is 0.0774. The van der Waals surface area contributed by atoms with Crippen molar-refractivity contribution in [3.05, 3.63) is 132 Å². The number of carbonyl (C=O) groups is 1. The minimum Gasteiger partial charge on any atom is -0.459 e. The monoisotopic (exact) mass is 660 g/mol. The van der Waals surface area contributed by atoms with E-state index in [2.05, 4.69) is 69.3 Å². The predicted molar refractivity (Wildman–Crippen MR) is 193 cm³/mol. The molecule has 0 saturated carbocycles. The Kier molecular flexibility index (Phi) is 9.20. The zero-order valence-electron chi connectivity index (χ0n) is 28.7. The molecule has 0 amide bonds. The molecule has 7 rings (SSSR count). The highest BCUT2D eigenvalue weighted by Gasteiger charge is 2.57. The summed E-state index contributed by atoms with van der Waals surface area (Å²) in [4.78, 5) is 15.0. The van der Waals surface area contributed by atoms with Crippen LogP contribution in [0.5, 0.6) is 0 Å². The highest BCUT2D eigenvalue weighted by atomic mass is 28.4. The Balaban J connectivity index is 1.25. The van der Waals surface area contributed by atoms with Gasteiger partial charge in [0.2, 0.25) is 5.60 Å². The maximum Gasteiger partial charge on any atom is 0.348 e. The first kappa shape index (κ1) is 33.0. The third-order valence-electron chi connectivity index (χ3n) is 11.6. The van der Waals surface area contributed by atoms with Crippen molar-refractivity contribution in [2.45, 2.75) is 88.1 Å². The number of carbonyl (C=O) groups excluding carboxylic acids is 1. The van der Waals surface area contributed by atoms with Crippen LogP contribution < -0.4 is 10.4 Å². The van der Waals surface area contributed by atoms with Crippen LogP contribution in [0.3, 0.4) is 0 Å². The van der Waals surface area contributed by atoms with Crippen molar-refractivity contribution >= 4 is 24.7 Å². The topological polar surface area (TPSA) is 44.8 Å². The fourth-order valence-electron chi connectivity index (χ4n) is 9.48. The first-order chi connectivity index (χ1) is 23.3. The summed E-state index contributed by atoms with van der Waals surface area (Å²) in [7, 11) is -2.94. The molecule has 4 aromatic rings. The molecule has 4 aromatic carbocycles. The van der Waals surface area contributed by atoms with E-state index in [0.29, 0.717) is 12.1 Å². The number of rotatable bonds is 10. The van der Waals surface area contributed by atoms with E-state index in [4.69, 9.17) is 13.9 Å². The number of hydrogen-bond donors (Lipinski definition) is 0. The molecule has 2 atom stereocenters. The average Bonchev–Trinajstić information content (AvgIpc) is 3.66. The molecule has 3 saturated heterocycles. The van der Waals surface area contributed by atoms with E-state index in [9.17, 15) is 4.79 Å². The van der Waals surface area contributed by atoms with Crippen molar-refractivity contribution in [3.8, 4) is 0 Å². The van der Waals surface area contributed by atoms with Gasteiger partial charge in [0.05, 0.1) is 25.2 Å². The number of quaternary nitrogens is 1. The number of hydrogen-bond acceptors (Lipinski definition) is 4. The van der Waals surface area contributed by atoms with Gasteiger partial charge in [0, 0.05) is 38.5 Å². The SMILES string of the molecule is CC(C)(C)[Si](OCOC(C(=O)OC1CC2CCC(C1)[N+]21CCCC1)(c1ccccc1)c1ccccc1)(c1ccccc1)c1ccccc1. The van der Waals surface area contributed by atoms with Gasteiger partial charge in [-0.3, -0.25) is 0 Å². The Morgan fingerprint density at radius 2 is 1.12 bits per heavy atom. The molecule has 2 unspecified atom stereocenters. The zero-order chi connectivity index (χ0) is 33.2. The maximum atomic E-state index is 15.0. The van der Waals surface area contributed by atoms with Crippen molar-refractivity contribution in [1.82, 2.24) is 0 Å². The van der Waals surface area contributed by atoms with Crippen molar-refractivity contribution in [2.24, 2.45) is 0 Å². The number of piperidine rings is 1. The third-order valence-corrected chi connectivity index (χ3v) is 16.6. The van der Waals surface area contributed by atoms with Crippen LogP contribution in [0.15, 0.2) is 121 Å². The summed E-state index contributed by atoms with van der Waals surface area (Å²) in [5, 5.41) is 2.09. The molecule has 3 aliphatic rings. The predicted octanol–water partition coefficient (Wildman–Crippen LogP) is 7.33. The minimum atomic E-state index is -2.94. The van der Waals surface area contributed by atoms with Crippen molar-refractivity contribution in [1.29, 1.82) is 0 Å². The van der Waals surface area contributed by atoms with Crippen LogP contribution in [0.4, 0.5) is 0 Å². The van der Waals surface area contributed by atoms with Crippen molar-refractivity contribution < 1.29 is 23.2 Å². The molecule has 3 heterocycles. The molecule has 1 spiro atoms. The first-order valence-electron chi connectivity index (χ1n) is 17.9. The van der Waals surface area contributed by atoms with Gasteiger partial charge in [0.15, 0.2) is 0 Å². The summed E-state index contributed by atoms with van der Waals surface area (Å²) >= 11 is 0. The van der Waals surface area contributed by atoms with Crippen LogP contribution in [0.25, 0.3) is 0 Å². The maximum absolute atomic E-state index is 15.0. The minimum absolute atomic E-state index is 0.0813. The molecule has 2 bridgehead atoms. The summed E-state index contributed by atoms with van der Waals surface area (Å²) in [6.45, 7) is 9.25. The van der Waals surface area contributed by atoms with E-state index >= 15 is 0 Å². The highest BCUT2D eigenvalue weighted by molar-refractivity contribution is 6.99. The summed E-state index contributed by atoms with van der Waals surface area (Å²) in [6.07, 6.45) is 6.87. The van der Waals surface area contributed by atoms with Gasteiger partial charge in [-0.15, -0.1) is 0 Å². The number of esters is 1. The fraction of sp³-hybridized carbons (Fsp3) is 0.405. The molecule has 0 radical (unpaired) electrons. The van der Waals surface area contributed by atoms with Gasteiger partial charge in [-0.25, -0.2) is 4.79 Å². The summed E-state index contributed by atoms with van der Waals surface area (Å²) in [5.41, 5.74) is -0.00669. The van der Waals surface area contributed by atoms with Crippen molar-refractivity contribution in [3.63, 3.8) is 0 Å². The molecule has 0 N–H and O–H groups in total. The van der Waals surface area contributed by atoms with E-state index in [1.54, 1.807) is 0 Å². The van der Waals surface area contributed by atoms with Gasteiger partial charge in [0.25, 0.3) is 8.32 Å². The summed E-state index contributed by atoms with van der Waals surface area (Å²) in [6, 6.07) is 42.0. The second-order valence-electron chi connectivity index (χ2n) is 15.1. The summed E-state index contributed by atoms with van der Waals surface area (Å²) < 4.78 is 22.1. The molecule has 0 aliphatic carbocycles. The average molecular weight is 661 g/mol. The zero-order valence-corrected chi connectivity index (χ0v) is 29.7. The van der Waals surface area contributed by atoms with Gasteiger partial charge in [0.1, 0.15) is 12.9 Å². The number of nitrogens with zero attached hydrogens (tertiary/aromatic N) is 1. The standard InChI is InChI=1S/C42H50NO4Si/c1-41(2,3)48(38-22-12-6-13-23-38,39-24-14-7-15-25-39)46-32-45-42(33-18-8-4-9-19-33,34-20-10-5-11-21-34)40(44)47-37-30-35-26-27-36(31-37)43(35)28-16-17-29-43/h4-15,18-25,35-37H,16-17,26-32H2,1-3H3/q+1. The first-order valence-corrected chi connectivity index (χ1v) is 19.8. The molecule has 0 aromatic heterocycles. The smallest absolute Gasteiger partial charge is 0.348 e. The van der Waals surface area contributed by atoms with Gasteiger partial charge in [-0.05, 0) is 26.5 Å². The van der Waals surface area contributed by atoms with Crippen LogP contribution in [0.1, 0.15) is 70.4 Å². The lowest BCUT2D eigenvalue weighted by Crippen LogP contribution is -2.67. The molecule has 6 heteroatoms. The Labute approximate surface area is 287 Å². The molecule has 3 aliphatic heterocycles. The van der Waals surface area contributed by atoms with Crippen LogP contribution in [-0.4, -0.2) is 56.8 Å². The Hall–Kier alpha value is -3.55. The largest absolute Gasteiger partial charge is 0.459 e. The lowest BCUT2D eigenvalue weighted by atomic mass is 9.85. The Morgan fingerprint density at radius 1 is 0.688 bits per heavy atom. The van der Waals surface area contributed by atoms with Gasteiger partial charge < -0.3 is 18.4 Å². The van der Waals surface area contributed by atoms with Gasteiger partial charge >= 0.3 is 5.97 Å². The van der Waals surface area contributed by atoms with Gasteiger partial charge in [-0.2, -0.15) is 0 Å². The van der Waals surface area contributed by atoms with E-state index in [1.807, 2.05) is 72.8 Å². The Morgan fingerprint density at radius 3 is 1.56 bits per heavy atom. The van der Waals surface area contributed by atoms with Crippen LogP contribution in [0, 0.1) is 0 Å².